The van der Waals surface area contributed by atoms with E-state index in [1.165, 1.54) is 4.90 Å². The number of hydrogen-bond acceptors (Lipinski definition) is 4. The lowest BCUT2D eigenvalue weighted by Crippen LogP contribution is -2.54. The minimum atomic E-state index is -1.08. The van der Waals surface area contributed by atoms with Crippen LogP contribution in [-0.2, 0) is 9.53 Å². The molecule has 0 aromatic rings. The highest BCUT2D eigenvalue weighted by Gasteiger charge is 2.40. The molecule has 0 radical (unpaired) electrons. The number of likely N-dealkylation sites (tertiary alicyclic amines) is 1. The molecule has 0 aromatic carbocycles. The number of amides is 2. The average Bonchev–Trinajstić information content (AvgIpc) is 2.68. The first-order chi connectivity index (χ1) is 9.01. The van der Waals surface area contributed by atoms with Gasteiger partial charge in [-0.15, -0.1) is 0 Å². The monoisotopic (exact) mass is 272 g/mol. The van der Waals surface area contributed by atoms with E-state index in [1.807, 2.05) is 6.92 Å². The third-order valence-corrected chi connectivity index (χ3v) is 3.65. The quantitative estimate of drug-likeness (QED) is 0.657. The third kappa shape index (κ3) is 3.16. The van der Waals surface area contributed by atoms with Crippen LogP contribution in [0.5, 0.6) is 0 Å². The topological polar surface area (TPSA) is 99.1 Å². The van der Waals surface area contributed by atoms with Gasteiger partial charge in [0.1, 0.15) is 6.04 Å². The molecule has 7 heteroatoms. The fourth-order valence-electron chi connectivity index (χ4n) is 2.59. The number of carboxylic acids is 1. The van der Waals surface area contributed by atoms with Crippen LogP contribution in [0.3, 0.4) is 0 Å². The third-order valence-electron chi connectivity index (χ3n) is 3.65. The van der Waals surface area contributed by atoms with Crippen molar-refractivity contribution in [3.63, 3.8) is 0 Å². The van der Waals surface area contributed by atoms with Gasteiger partial charge in [-0.3, -0.25) is 0 Å². The molecule has 2 aliphatic rings. The molecule has 1 saturated carbocycles. The number of ether oxygens (including phenoxy) is 1. The van der Waals surface area contributed by atoms with E-state index >= 15 is 0 Å². The molecule has 1 aliphatic heterocycles. The summed E-state index contributed by atoms with van der Waals surface area (Å²) in [7, 11) is 0. The van der Waals surface area contributed by atoms with Crippen LogP contribution in [0.25, 0.3) is 0 Å². The van der Waals surface area contributed by atoms with Gasteiger partial charge in [0.2, 0.25) is 0 Å². The minimum Gasteiger partial charge on any atom is -0.480 e. The number of β-amino-alcohol motifs (C(OH)–C–C–N with tert-alkyl or cyclic N) is 1. The molecule has 19 heavy (non-hydrogen) atoms. The van der Waals surface area contributed by atoms with Gasteiger partial charge in [0, 0.05) is 25.6 Å². The molecule has 2 fully saturated rings. The molecule has 0 spiro atoms. The normalized spacial score (nSPS) is 33.9. The van der Waals surface area contributed by atoms with Gasteiger partial charge in [0.25, 0.3) is 0 Å². The lowest BCUT2D eigenvalue weighted by molar-refractivity contribution is -0.141. The van der Waals surface area contributed by atoms with Crippen molar-refractivity contribution in [3.05, 3.63) is 0 Å². The van der Waals surface area contributed by atoms with E-state index in [-0.39, 0.29) is 25.1 Å². The van der Waals surface area contributed by atoms with E-state index in [0.29, 0.717) is 6.61 Å². The van der Waals surface area contributed by atoms with Crippen LogP contribution < -0.4 is 5.32 Å². The molecular formula is C12H20N2O5. The highest BCUT2D eigenvalue weighted by Crippen LogP contribution is 2.24. The van der Waals surface area contributed by atoms with E-state index in [0.717, 1.165) is 12.8 Å². The van der Waals surface area contributed by atoms with Gasteiger partial charge >= 0.3 is 12.0 Å². The molecular weight excluding hydrogens is 252 g/mol. The molecule has 0 bridgehead atoms. The summed E-state index contributed by atoms with van der Waals surface area (Å²) in [6.07, 6.45) is 1.04. The SMILES string of the molecule is CCOC1CC(NC(=O)N2CC(O)CC2C(=O)O)C1. The zero-order valence-corrected chi connectivity index (χ0v) is 10.9. The van der Waals surface area contributed by atoms with Crippen molar-refractivity contribution in [1.82, 2.24) is 10.2 Å². The number of aliphatic carboxylic acids is 1. The summed E-state index contributed by atoms with van der Waals surface area (Å²) >= 11 is 0. The fourth-order valence-corrected chi connectivity index (χ4v) is 2.59. The van der Waals surface area contributed by atoms with Crippen LogP contribution in [0.4, 0.5) is 4.79 Å². The second kappa shape index (κ2) is 5.75. The summed E-state index contributed by atoms with van der Waals surface area (Å²) in [5, 5.41) is 21.3. The van der Waals surface area contributed by atoms with Crippen molar-refractivity contribution in [2.24, 2.45) is 0 Å². The highest BCUT2D eigenvalue weighted by molar-refractivity contribution is 5.83. The standard InChI is InChI=1S/C12H20N2O5/c1-2-19-9-3-7(4-9)13-12(18)14-6-8(15)5-10(14)11(16)17/h7-10,15H,2-6H2,1H3,(H,13,18)(H,16,17). The van der Waals surface area contributed by atoms with E-state index in [4.69, 9.17) is 9.84 Å². The summed E-state index contributed by atoms with van der Waals surface area (Å²) < 4.78 is 5.39. The lowest BCUT2D eigenvalue weighted by Gasteiger charge is -2.36. The number of nitrogens with zero attached hydrogens (tertiary/aromatic N) is 1. The summed E-state index contributed by atoms with van der Waals surface area (Å²) in [6, 6.07) is -1.31. The maximum Gasteiger partial charge on any atom is 0.326 e. The molecule has 1 heterocycles. The van der Waals surface area contributed by atoms with E-state index in [2.05, 4.69) is 5.32 Å². The first-order valence-corrected chi connectivity index (χ1v) is 6.60. The predicted molar refractivity (Wildman–Crippen MR) is 65.7 cm³/mol. The van der Waals surface area contributed by atoms with Crippen LogP contribution in [-0.4, -0.2) is 64.6 Å². The number of aliphatic hydroxyl groups is 1. The second-order valence-corrected chi connectivity index (χ2v) is 5.09. The number of carbonyl (C=O) groups excluding carboxylic acids is 1. The molecule has 1 saturated heterocycles. The van der Waals surface area contributed by atoms with Crippen molar-refractivity contribution < 1.29 is 24.5 Å². The van der Waals surface area contributed by atoms with Crippen molar-refractivity contribution in [1.29, 1.82) is 0 Å². The summed E-state index contributed by atoms with van der Waals surface area (Å²) in [5.74, 6) is -1.08. The fraction of sp³-hybridized carbons (Fsp3) is 0.833. The Hall–Kier alpha value is -1.34. The van der Waals surface area contributed by atoms with Gasteiger partial charge in [-0.05, 0) is 19.8 Å². The summed E-state index contributed by atoms with van der Waals surface area (Å²) in [5.41, 5.74) is 0. The molecule has 0 aromatic heterocycles. The number of carbonyl (C=O) groups is 2. The van der Waals surface area contributed by atoms with Gasteiger partial charge in [-0.2, -0.15) is 0 Å². The molecule has 1 aliphatic carbocycles. The summed E-state index contributed by atoms with van der Waals surface area (Å²) in [4.78, 5) is 24.2. The van der Waals surface area contributed by atoms with Gasteiger partial charge < -0.3 is 25.2 Å². The Labute approximate surface area is 111 Å². The Bertz CT molecular complexity index is 356. The Morgan fingerprint density at radius 2 is 2.05 bits per heavy atom. The van der Waals surface area contributed by atoms with Gasteiger partial charge in [0.05, 0.1) is 12.2 Å². The molecule has 2 unspecified atom stereocenters. The van der Waals surface area contributed by atoms with Gasteiger partial charge in [-0.25, -0.2) is 9.59 Å². The second-order valence-electron chi connectivity index (χ2n) is 5.09. The Kier molecular flexibility index (Phi) is 4.26. The van der Waals surface area contributed by atoms with Crippen molar-refractivity contribution in [2.45, 2.75) is 50.5 Å². The van der Waals surface area contributed by atoms with Gasteiger partial charge in [-0.1, -0.05) is 0 Å². The molecule has 2 amide bonds. The predicted octanol–water partition coefficient (Wildman–Crippen LogP) is -0.217. The number of nitrogens with one attached hydrogen (secondary N) is 1. The lowest BCUT2D eigenvalue weighted by atomic mass is 9.89. The molecule has 7 nitrogen and oxygen atoms in total. The van der Waals surface area contributed by atoms with E-state index in [9.17, 15) is 14.7 Å². The molecule has 2 rings (SSSR count). The molecule has 2 atom stereocenters. The first kappa shape index (κ1) is 14.1. The zero-order valence-electron chi connectivity index (χ0n) is 10.9. The van der Waals surface area contributed by atoms with E-state index in [1.54, 1.807) is 0 Å². The Balaban J connectivity index is 1.81. The van der Waals surface area contributed by atoms with Crippen LogP contribution in [0.2, 0.25) is 0 Å². The zero-order chi connectivity index (χ0) is 14.0. The Morgan fingerprint density at radius 1 is 1.37 bits per heavy atom. The maximum absolute atomic E-state index is 12.0. The summed E-state index contributed by atoms with van der Waals surface area (Å²) in [6.45, 7) is 2.66. The number of hydrogen-bond donors (Lipinski definition) is 3. The van der Waals surface area contributed by atoms with Crippen LogP contribution >= 0.6 is 0 Å². The van der Waals surface area contributed by atoms with Crippen molar-refractivity contribution >= 4 is 12.0 Å². The molecule has 108 valence electrons. The van der Waals surface area contributed by atoms with Gasteiger partial charge in [0.15, 0.2) is 0 Å². The number of aliphatic hydroxyl groups excluding tert-OH is 1. The largest absolute Gasteiger partial charge is 0.480 e. The van der Waals surface area contributed by atoms with Crippen LogP contribution in [0.1, 0.15) is 26.2 Å². The average molecular weight is 272 g/mol. The van der Waals surface area contributed by atoms with Crippen molar-refractivity contribution in [3.8, 4) is 0 Å². The number of carboxylic acid groups (broad SMARTS) is 1. The number of urea groups is 1. The number of rotatable bonds is 4. The minimum absolute atomic E-state index is 0.0382. The maximum atomic E-state index is 12.0. The van der Waals surface area contributed by atoms with Crippen molar-refractivity contribution in [2.75, 3.05) is 13.2 Å². The van der Waals surface area contributed by atoms with Crippen LogP contribution in [0.15, 0.2) is 0 Å². The smallest absolute Gasteiger partial charge is 0.326 e. The Morgan fingerprint density at radius 3 is 2.63 bits per heavy atom. The van der Waals surface area contributed by atoms with Crippen LogP contribution in [0, 0.1) is 0 Å². The van der Waals surface area contributed by atoms with E-state index < -0.39 is 24.1 Å². The first-order valence-electron chi connectivity index (χ1n) is 6.60. The highest BCUT2D eigenvalue weighted by atomic mass is 16.5. The molecule has 3 N–H and O–H groups in total.